The molecule has 2 aromatic carbocycles. The molecular weight excluding hydrogens is 589 g/mol. The summed E-state index contributed by atoms with van der Waals surface area (Å²) in [5.74, 6) is -0.980. The number of carbonyl (C=O) groups excluding carboxylic acids is 1. The van der Waals surface area contributed by atoms with Gasteiger partial charge in [-0.25, -0.2) is 26.2 Å². The highest BCUT2D eigenvalue weighted by Crippen LogP contribution is 2.30. The van der Waals surface area contributed by atoms with Crippen LogP contribution in [0.3, 0.4) is 0 Å². The Morgan fingerprint density at radius 2 is 1.88 bits per heavy atom. The third-order valence-corrected chi connectivity index (χ3v) is 10.2. The van der Waals surface area contributed by atoms with Crippen LogP contribution in [-0.2, 0) is 38.3 Å². The van der Waals surface area contributed by atoms with Crippen molar-refractivity contribution in [1.29, 1.82) is 0 Å². The van der Waals surface area contributed by atoms with E-state index >= 15 is 0 Å². The molecule has 2 N–H and O–H groups in total. The van der Waals surface area contributed by atoms with Gasteiger partial charge in [0.25, 0.3) is 20.0 Å². The molecule has 4 rings (SSSR count). The Bertz CT molecular complexity index is 1650. The lowest BCUT2D eigenvalue weighted by Crippen LogP contribution is -2.48. The normalized spacial score (nSPS) is 18.9. The number of sulfonamides is 2. The average molecular weight is 624 g/mol. The van der Waals surface area contributed by atoms with Crippen molar-refractivity contribution < 1.29 is 35.9 Å². The molecule has 0 unspecified atom stereocenters. The summed E-state index contributed by atoms with van der Waals surface area (Å²) in [6.07, 6.45) is 1.89. The van der Waals surface area contributed by atoms with Crippen molar-refractivity contribution in [2.24, 2.45) is 13.0 Å². The fourth-order valence-electron chi connectivity index (χ4n) is 4.57. The monoisotopic (exact) mass is 623 g/mol. The molecular formula is C27H34FN5O7S2. The van der Waals surface area contributed by atoms with E-state index in [9.17, 15) is 31.1 Å². The molecule has 228 valence electrons. The summed E-state index contributed by atoms with van der Waals surface area (Å²) in [6.45, 7) is 3.34. The van der Waals surface area contributed by atoms with Gasteiger partial charge in [0, 0.05) is 44.0 Å². The second-order valence-electron chi connectivity index (χ2n) is 10.4. The smallest absolute Gasteiger partial charge is 0.261 e. The van der Waals surface area contributed by atoms with E-state index < -0.39 is 38.0 Å². The fraction of sp³-hybridized carbons (Fsp3) is 0.407. The Morgan fingerprint density at radius 3 is 2.50 bits per heavy atom. The third kappa shape index (κ3) is 6.91. The first kappa shape index (κ1) is 31.4. The number of carbonyl (C=O) groups is 1. The largest absolute Gasteiger partial charge is 0.488 e. The minimum atomic E-state index is -4.07. The number of aliphatic hydroxyl groups excluding tert-OH is 1. The lowest BCUT2D eigenvalue weighted by molar-refractivity contribution is -0.134. The number of aryl methyl sites for hydroxylation is 1. The highest BCUT2D eigenvalue weighted by molar-refractivity contribution is 7.92. The van der Waals surface area contributed by atoms with E-state index in [1.54, 1.807) is 14.0 Å². The zero-order valence-corrected chi connectivity index (χ0v) is 25.3. The molecule has 3 atom stereocenters. The quantitative estimate of drug-likeness (QED) is 0.367. The van der Waals surface area contributed by atoms with Gasteiger partial charge in [-0.2, -0.15) is 4.31 Å². The molecule has 42 heavy (non-hydrogen) atoms. The van der Waals surface area contributed by atoms with E-state index in [0.29, 0.717) is 5.56 Å². The molecule has 0 fully saturated rings. The van der Waals surface area contributed by atoms with Crippen LogP contribution in [0.25, 0.3) is 0 Å². The topological polar surface area (TPSA) is 151 Å². The van der Waals surface area contributed by atoms with Crippen molar-refractivity contribution in [2.45, 2.75) is 42.3 Å². The van der Waals surface area contributed by atoms with Crippen molar-refractivity contribution in [3.63, 3.8) is 0 Å². The van der Waals surface area contributed by atoms with Crippen LogP contribution in [0.15, 0.2) is 64.9 Å². The second-order valence-corrected chi connectivity index (χ2v) is 14.1. The van der Waals surface area contributed by atoms with Crippen LogP contribution in [0.5, 0.6) is 5.75 Å². The first-order valence-electron chi connectivity index (χ1n) is 13.1. The molecule has 0 spiro atoms. The van der Waals surface area contributed by atoms with Gasteiger partial charge >= 0.3 is 0 Å². The number of aliphatic hydroxyl groups is 1. The number of hydrogen-bond acceptors (Lipinski definition) is 8. The van der Waals surface area contributed by atoms with Gasteiger partial charge in [0.1, 0.15) is 17.7 Å². The summed E-state index contributed by atoms with van der Waals surface area (Å²) in [4.78, 5) is 18.8. The first-order valence-corrected chi connectivity index (χ1v) is 16.1. The standard InChI is InChI=1S/C27H34FN5O7S2/c1-18-13-33(19(2)16-34)27(35)12-20-11-22(30-41(36,37)23-8-5-21(28)6-9-23)7-10-24(20)40-25(18)14-32(4)42(38,39)26-15-31(3)17-29-26/h5-11,15,17-19,25,30,34H,12-14,16H2,1-4H3/t18-,19-,25+/m1/s1. The summed E-state index contributed by atoms with van der Waals surface area (Å²) in [5, 5.41) is 9.72. The van der Waals surface area contributed by atoms with Gasteiger partial charge < -0.3 is 19.3 Å². The number of aromatic nitrogens is 2. The Kier molecular flexibility index (Phi) is 9.25. The van der Waals surface area contributed by atoms with Crippen LogP contribution in [0, 0.1) is 11.7 Å². The van der Waals surface area contributed by atoms with Crippen molar-refractivity contribution in [3.05, 3.63) is 66.4 Å². The molecule has 1 aliphatic heterocycles. The number of nitrogens with one attached hydrogen (secondary N) is 1. The first-order chi connectivity index (χ1) is 19.7. The van der Waals surface area contributed by atoms with Gasteiger partial charge in [0.05, 0.1) is 36.8 Å². The van der Waals surface area contributed by atoms with E-state index in [1.165, 1.54) is 47.2 Å². The van der Waals surface area contributed by atoms with Gasteiger partial charge in [0.15, 0.2) is 5.03 Å². The second kappa shape index (κ2) is 12.4. The highest BCUT2D eigenvalue weighted by Gasteiger charge is 2.34. The Labute approximate surface area is 244 Å². The maximum absolute atomic E-state index is 13.4. The van der Waals surface area contributed by atoms with Crippen molar-refractivity contribution in [3.8, 4) is 5.75 Å². The number of rotatable bonds is 9. The lowest BCUT2D eigenvalue weighted by Gasteiger charge is -2.33. The predicted molar refractivity (Wildman–Crippen MR) is 152 cm³/mol. The van der Waals surface area contributed by atoms with Crippen molar-refractivity contribution in [2.75, 3.05) is 31.5 Å². The summed E-state index contributed by atoms with van der Waals surface area (Å²) < 4.78 is 76.9. The molecule has 0 saturated carbocycles. The molecule has 15 heteroatoms. The van der Waals surface area contributed by atoms with Gasteiger partial charge in [-0.1, -0.05) is 6.92 Å². The third-order valence-electron chi connectivity index (χ3n) is 7.09. The van der Waals surface area contributed by atoms with E-state index in [-0.39, 0.29) is 59.3 Å². The van der Waals surface area contributed by atoms with Gasteiger partial charge in [-0.05, 0) is 49.4 Å². The van der Waals surface area contributed by atoms with Gasteiger partial charge in [0.2, 0.25) is 5.91 Å². The number of amides is 1. The number of nitrogens with zero attached hydrogens (tertiary/aromatic N) is 4. The van der Waals surface area contributed by atoms with E-state index in [2.05, 4.69) is 9.71 Å². The average Bonchev–Trinajstić information content (AvgIpc) is 3.39. The number of ether oxygens (including phenoxy) is 1. The van der Waals surface area contributed by atoms with E-state index in [1.807, 2.05) is 6.92 Å². The maximum atomic E-state index is 13.4. The van der Waals surface area contributed by atoms with Crippen LogP contribution in [-0.4, -0.2) is 85.5 Å². The van der Waals surface area contributed by atoms with Crippen molar-refractivity contribution in [1.82, 2.24) is 18.8 Å². The lowest BCUT2D eigenvalue weighted by atomic mass is 10.0. The number of likely N-dealkylation sites (N-methyl/N-ethyl adjacent to an activating group) is 1. The van der Waals surface area contributed by atoms with Gasteiger partial charge in [-0.15, -0.1) is 0 Å². The van der Waals surface area contributed by atoms with Crippen LogP contribution in [0.1, 0.15) is 19.4 Å². The summed E-state index contributed by atoms with van der Waals surface area (Å²) in [6, 6.07) is 8.27. The molecule has 1 aliphatic rings. The van der Waals surface area contributed by atoms with E-state index in [0.717, 1.165) is 28.6 Å². The minimum absolute atomic E-state index is 0.0754. The highest BCUT2D eigenvalue weighted by atomic mass is 32.2. The molecule has 12 nitrogen and oxygen atoms in total. The molecule has 0 aliphatic carbocycles. The van der Waals surface area contributed by atoms with Gasteiger partial charge in [-0.3, -0.25) is 9.52 Å². The van der Waals surface area contributed by atoms with E-state index in [4.69, 9.17) is 4.74 Å². The molecule has 1 amide bonds. The molecule has 1 aromatic heterocycles. The van der Waals surface area contributed by atoms with Crippen molar-refractivity contribution >= 4 is 31.6 Å². The zero-order chi connectivity index (χ0) is 30.8. The minimum Gasteiger partial charge on any atom is -0.488 e. The van der Waals surface area contributed by atoms with Crippen LogP contribution in [0.2, 0.25) is 0 Å². The Balaban J connectivity index is 1.68. The number of hydrogen-bond donors (Lipinski definition) is 2. The zero-order valence-electron chi connectivity index (χ0n) is 23.6. The van der Waals surface area contributed by atoms with Crippen LogP contribution < -0.4 is 9.46 Å². The molecule has 0 radical (unpaired) electrons. The Morgan fingerprint density at radius 1 is 1.19 bits per heavy atom. The SMILES string of the molecule is C[C@@H]1CN([C@H](C)CO)C(=O)Cc2cc(NS(=O)(=O)c3ccc(F)cc3)ccc2O[C@H]1CN(C)S(=O)(=O)c1cn(C)cn1. The number of imidazole rings is 1. The Hall–Kier alpha value is -3.53. The fourth-order valence-corrected chi connectivity index (χ4v) is 6.76. The van der Waals surface area contributed by atoms with Crippen LogP contribution in [0.4, 0.5) is 10.1 Å². The number of anilines is 1. The number of halogens is 1. The summed E-state index contributed by atoms with van der Waals surface area (Å²) >= 11 is 0. The summed E-state index contributed by atoms with van der Waals surface area (Å²) in [7, 11) is -4.94. The molecule has 0 saturated heterocycles. The number of fused-ring (bicyclic) bond motifs is 1. The summed E-state index contributed by atoms with van der Waals surface area (Å²) in [5.41, 5.74) is 0.513. The predicted octanol–water partition coefficient (Wildman–Crippen LogP) is 1.83. The van der Waals surface area contributed by atoms with Crippen LogP contribution >= 0.6 is 0 Å². The maximum Gasteiger partial charge on any atom is 0.261 e. The number of benzene rings is 2. The molecule has 0 bridgehead atoms. The molecule has 3 aromatic rings. The molecule has 2 heterocycles.